The predicted molar refractivity (Wildman–Crippen MR) is 268 cm³/mol. The van der Waals surface area contributed by atoms with Crippen molar-refractivity contribution in [2.75, 3.05) is 6.61 Å². The van der Waals surface area contributed by atoms with Gasteiger partial charge in [0.05, 0.1) is 129 Å². The van der Waals surface area contributed by atoms with Gasteiger partial charge in [0.25, 0.3) is 0 Å². The molecule has 17 rings (SSSR count). The van der Waals surface area contributed by atoms with Crippen LogP contribution in [0, 0.1) is 11.8 Å². The van der Waals surface area contributed by atoms with Gasteiger partial charge in [0.1, 0.15) is 42.7 Å². The van der Waals surface area contributed by atoms with Gasteiger partial charge in [-0.2, -0.15) is 0 Å². The van der Waals surface area contributed by atoms with Crippen molar-refractivity contribution >= 4 is 5.97 Å². The first-order valence-corrected chi connectivity index (χ1v) is 30.6. The maximum Gasteiger partial charge on any atom is 0.308 e. The molecule has 31 atom stereocenters. The van der Waals surface area contributed by atoms with Gasteiger partial charge in [0.15, 0.2) is 17.4 Å². The number of ether oxygens (including phenoxy) is 16. The Labute approximate surface area is 461 Å². The highest BCUT2D eigenvalue weighted by Crippen LogP contribution is 2.59. The molecule has 3 N–H and O–H groups in total. The van der Waals surface area contributed by atoms with Crippen molar-refractivity contribution < 1.29 is 95.9 Å². The molecule has 19 unspecified atom stereocenters. The molecular weight excluding hydrogens is 1030 g/mol. The molecule has 3 spiro atoms. The molecule has 0 aromatic carbocycles. The van der Waals surface area contributed by atoms with Crippen molar-refractivity contribution in [3.8, 4) is 0 Å². The number of aliphatic hydroxyl groups is 3. The van der Waals surface area contributed by atoms with E-state index in [1.54, 1.807) is 0 Å². The highest BCUT2D eigenvalue weighted by Gasteiger charge is 2.75. The number of carbonyl (C=O) groups is 1. The fourth-order valence-corrected chi connectivity index (χ4v) is 18.1. The molecule has 0 aromatic heterocycles. The quantitative estimate of drug-likeness (QED) is 0.261. The maximum atomic E-state index is 14.4. The number of hydrogen-bond donors (Lipinski definition) is 3. The normalized spacial score (nSPS) is 58.6. The van der Waals surface area contributed by atoms with Crippen LogP contribution in [0.3, 0.4) is 0 Å². The summed E-state index contributed by atoms with van der Waals surface area (Å²) in [4.78, 5) is 14.4. The van der Waals surface area contributed by atoms with E-state index in [1.807, 2.05) is 0 Å². The maximum absolute atomic E-state index is 14.4. The van der Waals surface area contributed by atoms with E-state index in [0.29, 0.717) is 83.5 Å². The number of rotatable bonds is 2. The molecule has 17 saturated heterocycles. The van der Waals surface area contributed by atoms with Gasteiger partial charge in [0, 0.05) is 64.2 Å². The van der Waals surface area contributed by atoms with E-state index in [4.69, 9.17) is 75.8 Å². The van der Waals surface area contributed by atoms with E-state index in [1.165, 1.54) is 0 Å². The van der Waals surface area contributed by atoms with E-state index >= 15 is 0 Å². The topological polar surface area (TPSA) is 225 Å². The van der Waals surface area contributed by atoms with Gasteiger partial charge in [0.2, 0.25) is 5.79 Å². The van der Waals surface area contributed by atoms with E-state index in [-0.39, 0.29) is 129 Å². The second-order valence-corrected chi connectivity index (χ2v) is 27.3. The first kappa shape index (κ1) is 52.8. The average Bonchev–Trinajstić information content (AvgIpc) is 3.61. The summed E-state index contributed by atoms with van der Waals surface area (Å²) in [7, 11) is 0. The van der Waals surface area contributed by atoms with Crippen LogP contribution < -0.4 is 0 Å². The lowest BCUT2D eigenvalue weighted by atomic mass is 9.80. The third-order valence-corrected chi connectivity index (χ3v) is 21.9. The highest BCUT2D eigenvalue weighted by atomic mass is 16.8. The minimum atomic E-state index is -1.54. The molecular formula is C59H82O20. The molecule has 0 aromatic rings. The van der Waals surface area contributed by atoms with Gasteiger partial charge in [-0.05, 0) is 74.3 Å². The average molecular weight is 1110 g/mol. The molecule has 0 amide bonds. The lowest BCUT2D eigenvalue weighted by Crippen LogP contribution is -2.62. The summed E-state index contributed by atoms with van der Waals surface area (Å²) in [6, 6.07) is 0. The smallest absolute Gasteiger partial charge is 0.308 e. The summed E-state index contributed by atoms with van der Waals surface area (Å²) in [5.74, 6) is -4.32. The summed E-state index contributed by atoms with van der Waals surface area (Å²) in [5.41, 5.74) is 2.10. The van der Waals surface area contributed by atoms with Gasteiger partial charge < -0.3 is 91.1 Å². The summed E-state index contributed by atoms with van der Waals surface area (Å²) >= 11 is 0. The van der Waals surface area contributed by atoms with Gasteiger partial charge >= 0.3 is 5.97 Å². The summed E-state index contributed by atoms with van der Waals surface area (Å²) in [5, 5.41) is 31.8. The molecule has 0 saturated carbocycles. The van der Waals surface area contributed by atoms with Crippen LogP contribution in [-0.4, -0.2) is 204 Å². The van der Waals surface area contributed by atoms with Gasteiger partial charge in [-0.3, -0.25) is 4.79 Å². The Morgan fingerprint density at radius 3 is 2.08 bits per heavy atom. The second-order valence-electron chi connectivity index (χ2n) is 27.3. The molecule has 20 nitrogen and oxygen atoms in total. The van der Waals surface area contributed by atoms with Crippen molar-refractivity contribution in [3.05, 3.63) is 24.3 Å². The Balaban J connectivity index is 0.616. The Morgan fingerprint density at radius 2 is 1.20 bits per heavy atom. The number of fused-ring (bicyclic) bond motifs is 11. The van der Waals surface area contributed by atoms with Gasteiger partial charge in [-0.15, -0.1) is 0 Å². The van der Waals surface area contributed by atoms with Crippen molar-refractivity contribution in [2.45, 2.75) is 318 Å². The Kier molecular flexibility index (Phi) is 12.9. The molecule has 0 aliphatic carbocycles. The molecule has 79 heavy (non-hydrogen) atoms. The zero-order valence-electron chi connectivity index (χ0n) is 45.6. The summed E-state index contributed by atoms with van der Waals surface area (Å²) in [6.07, 6.45) is 2.62. The number of hydrogen-bond acceptors (Lipinski definition) is 20. The molecule has 20 heteroatoms. The minimum absolute atomic E-state index is 0.0302. The molecule has 438 valence electrons. The van der Waals surface area contributed by atoms with E-state index in [0.717, 1.165) is 43.3 Å². The molecule has 17 heterocycles. The van der Waals surface area contributed by atoms with Crippen molar-refractivity contribution in [2.24, 2.45) is 11.8 Å². The van der Waals surface area contributed by atoms with Crippen molar-refractivity contribution in [1.82, 2.24) is 0 Å². The molecule has 0 radical (unpaired) electrons. The highest BCUT2D eigenvalue weighted by molar-refractivity contribution is 5.70. The van der Waals surface area contributed by atoms with Crippen molar-refractivity contribution in [1.29, 1.82) is 0 Å². The first-order chi connectivity index (χ1) is 38.1. The van der Waals surface area contributed by atoms with Crippen LogP contribution in [0.4, 0.5) is 0 Å². The molecule has 17 fully saturated rings. The van der Waals surface area contributed by atoms with Gasteiger partial charge in [-0.25, -0.2) is 0 Å². The van der Waals surface area contributed by atoms with E-state index in [2.05, 4.69) is 27.0 Å². The van der Waals surface area contributed by atoms with Gasteiger partial charge in [-0.1, -0.05) is 27.0 Å². The Hall–Kier alpha value is -1.77. The zero-order valence-corrected chi connectivity index (χ0v) is 45.6. The fraction of sp³-hybridized carbons (Fsp3) is 0.915. The third kappa shape index (κ3) is 8.98. The fourth-order valence-electron chi connectivity index (χ4n) is 18.1. The van der Waals surface area contributed by atoms with Crippen LogP contribution in [0.5, 0.6) is 0 Å². The predicted octanol–water partition coefficient (Wildman–Crippen LogP) is 4.16. The Bertz CT molecular complexity index is 2400. The Morgan fingerprint density at radius 1 is 0.519 bits per heavy atom. The van der Waals surface area contributed by atoms with E-state index < -0.39 is 84.2 Å². The zero-order chi connectivity index (χ0) is 53.5. The summed E-state index contributed by atoms with van der Waals surface area (Å²) < 4.78 is 109. The van der Waals surface area contributed by atoms with E-state index in [9.17, 15) is 20.1 Å². The number of esters is 1. The van der Waals surface area contributed by atoms with Crippen LogP contribution in [-0.2, 0) is 80.6 Å². The third-order valence-electron chi connectivity index (χ3n) is 21.9. The van der Waals surface area contributed by atoms with Crippen LogP contribution in [0.1, 0.15) is 142 Å². The first-order valence-electron chi connectivity index (χ1n) is 30.6. The van der Waals surface area contributed by atoms with Crippen molar-refractivity contribution in [3.63, 3.8) is 0 Å². The second kappa shape index (κ2) is 19.4. The summed E-state index contributed by atoms with van der Waals surface area (Å²) in [6.45, 7) is 13.1. The molecule has 17 aliphatic rings. The standard InChI is InChI=1S/C59H82O20/c1-26-13-30-5-7-34-27(2)14-32(64-34)9-11-57-25-59(63)55(79-57)54-53(78-59)52(77-57)51-36(71-54)8-6-31(66-51)15-49(62)70-43-18-40-41(68-39(43)16-37(65-30)29(26)4)19-45-47(69-40)22-58(74-45)23-48-35(73-58)10-12-56(76-48)21-28(3)50-46(75-56)20-42-44(72-50)17-38(67-42)33(61)24-60/h26,28,30-48,50-55,60-61,63H,2,4-25H2,1,3H3/t26-,28+,30+,31?,32?,33?,34?,35?,36?,37?,38?,39+,40?,41+,42?,43?,44?,45-,46?,47-,48?,50?,51+,52?,53?,54?,55?,56+,57-,58+,59-/m1/s1. The van der Waals surface area contributed by atoms with Crippen LogP contribution in [0.2, 0.25) is 0 Å². The van der Waals surface area contributed by atoms with Crippen LogP contribution in [0.25, 0.3) is 0 Å². The lowest BCUT2D eigenvalue weighted by molar-refractivity contribution is -0.362. The molecule has 12 bridgehead atoms. The molecule has 17 aliphatic heterocycles. The monoisotopic (exact) mass is 1110 g/mol. The van der Waals surface area contributed by atoms with Crippen LogP contribution >= 0.6 is 0 Å². The number of aliphatic hydroxyl groups excluding tert-OH is 2. The number of carbonyl (C=O) groups excluding carboxylic acids is 1. The lowest BCUT2D eigenvalue weighted by Gasteiger charge is -2.53. The van der Waals surface area contributed by atoms with Crippen LogP contribution in [0.15, 0.2) is 24.3 Å². The largest absolute Gasteiger partial charge is 0.459 e. The minimum Gasteiger partial charge on any atom is -0.459 e. The SMILES string of the molecule is C=C1CC2CC[C@@]34C[C@@]5(O)OC6C(OC7CCC(CC(=O)OC8CC9O[C@@H]%10C[C@@]%11(CC%12O[C@@]%13(CCC%12O%11)C[C@H](C)C%11OC%12CC(C(O)CO)OC%12CC%11O%13)O[C@@H]%10C[C@@H]9O[C@H]8CC8O[C@@H](CCC1O2)C[C@@H](C)C8=C)O[C@@H]7C6O3)C5O4.